The molecule has 0 aliphatic rings. The van der Waals surface area contributed by atoms with Crippen molar-refractivity contribution in [3.8, 4) is 11.5 Å². The lowest BCUT2D eigenvalue weighted by Crippen LogP contribution is -2.14. The minimum Gasteiger partial charge on any atom is -0.393 e. The van der Waals surface area contributed by atoms with Crippen molar-refractivity contribution in [3.05, 3.63) is 45.9 Å². The van der Waals surface area contributed by atoms with Gasteiger partial charge < -0.3 is 9.47 Å². The zero-order valence-corrected chi connectivity index (χ0v) is 13.8. The number of carbonyl (C=O) groups excluding carboxylic acids is 3. The Morgan fingerprint density at radius 1 is 0.846 bits per heavy atom. The Bertz CT molecular complexity index is 909. The molecule has 0 unspecified atom stereocenters. The molecule has 11 heteroatoms. The smallest absolute Gasteiger partial charge is 0.393 e. The number of halogens is 4. The first-order valence-corrected chi connectivity index (χ1v) is 7.14. The van der Waals surface area contributed by atoms with E-state index in [1.165, 1.54) is 0 Å². The second kappa shape index (κ2) is 8.33. The average molecular weight is 401 g/mol. The van der Waals surface area contributed by atoms with Crippen molar-refractivity contribution in [2.45, 2.75) is 0 Å². The van der Waals surface area contributed by atoms with Crippen LogP contribution < -0.4 is 9.47 Å². The zero-order valence-electron chi connectivity index (χ0n) is 12.3. The van der Waals surface area contributed by atoms with Crippen LogP contribution in [0.15, 0.2) is 34.3 Å². The number of hydrogen-bond acceptors (Lipinski definition) is 7. The van der Waals surface area contributed by atoms with Crippen LogP contribution in [0.4, 0.5) is 25.0 Å². The molecule has 0 bridgehead atoms. The molecular weight excluding hydrogens is 397 g/mol. The molecule has 0 saturated heterocycles. The molecule has 0 aliphatic heterocycles. The number of nitrogens with zero attached hydrogens (tertiary/aromatic N) is 2. The van der Waals surface area contributed by atoms with E-state index in [1.54, 1.807) is 0 Å². The Hall–Kier alpha value is -3.09. The molecule has 132 valence electrons. The highest BCUT2D eigenvalue weighted by atomic mass is 35.5. The van der Waals surface area contributed by atoms with Gasteiger partial charge >= 0.3 is 6.16 Å². The van der Waals surface area contributed by atoms with Crippen molar-refractivity contribution in [3.63, 3.8) is 0 Å². The van der Waals surface area contributed by atoms with Crippen LogP contribution in [0, 0.1) is 11.6 Å². The van der Waals surface area contributed by atoms with Crippen LogP contribution in [-0.2, 0) is 9.59 Å². The maximum Gasteiger partial charge on any atom is 0.519 e. The number of hydrogen-bond donors (Lipinski definition) is 0. The van der Waals surface area contributed by atoms with Gasteiger partial charge in [0.2, 0.25) is 12.2 Å². The van der Waals surface area contributed by atoms with E-state index in [0.29, 0.717) is 0 Å². The lowest BCUT2D eigenvalue weighted by Gasteiger charge is -2.09. The Balaban J connectivity index is 2.27. The Morgan fingerprint density at radius 2 is 1.23 bits per heavy atom. The first-order valence-electron chi connectivity index (χ1n) is 6.39. The van der Waals surface area contributed by atoms with Gasteiger partial charge in [-0.15, -0.1) is 0 Å². The summed E-state index contributed by atoms with van der Waals surface area (Å²) in [5.41, 5.74) is -0.954. The van der Waals surface area contributed by atoms with E-state index in [9.17, 15) is 23.2 Å². The van der Waals surface area contributed by atoms with Crippen LogP contribution >= 0.6 is 23.2 Å². The van der Waals surface area contributed by atoms with Gasteiger partial charge in [-0.2, -0.15) is 9.98 Å². The molecule has 0 aliphatic carbocycles. The van der Waals surface area contributed by atoms with E-state index in [1.807, 2.05) is 0 Å². The summed E-state index contributed by atoms with van der Waals surface area (Å²) < 4.78 is 36.5. The van der Waals surface area contributed by atoms with Crippen LogP contribution in [0.1, 0.15) is 0 Å². The van der Waals surface area contributed by atoms with Crippen molar-refractivity contribution in [1.29, 1.82) is 0 Å². The maximum absolute atomic E-state index is 13.5. The highest BCUT2D eigenvalue weighted by Gasteiger charge is 2.17. The third-order valence-corrected chi connectivity index (χ3v) is 3.31. The molecule has 0 heterocycles. The Morgan fingerprint density at radius 3 is 1.58 bits per heavy atom. The molecule has 0 saturated carbocycles. The van der Waals surface area contributed by atoms with Gasteiger partial charge in [0.1, 0.15) is 11.4 Å². The minimum absolute atomic E-state index is 0.319. The van der Waals surface area contributed by atoms with Gasteiger partial charge in [0.05, 0.1) is 10.0 Å². The number of carbonyl (C=O) groups is 1. The molecule has 0 atom stereocenters. The fraction of sp³-hybridized carbons (Fsp3) is 0. The second-order valence-corrected chi connectivity index (χ2v) is 5.14. The highest BCUT2D eigenvalue weighted by molar-refractivity contribution is 6.32. The Labute approximate surface area is 153 Å². The van der Waals surface area contributed by atoms with E-state index in [0.717, 1.165) is 36.4 Å². The first-order chi connectivity index (χ1) is 12.3. The molecule has 0 fully saturated rings. The molecule has 0 aromatic heterocycles. The number of benzene rings is 2. The predicted octanol–water partition coefficient (Wildman–Crippen LogP) is 4.78. The predicted molar refractivity (Wildman–Crippen MR) is 85.0 cm³/mol. The minimum atomic E-state index is -1.38. The number of ether oxygens (including phenoxy) is 2. The van der Waals surface area contributed by atoms with Gasteiger partial charge in [-0.3, -0.25) is 0 Å². The molecule has 0 radical (unpaired) electrons. The van der Waals surface area contributed by atoms with Crippen LogP contribution in [0.5, 0.6) is 11.5 Å². The van der Waals surface area contributed by atoms with Crippen molar-refractivity contribution < 1.29 is 32.6 Å². The van der Waals surface area contributed by atoms with Gasteiger partial charge in [-0.25, -0.2) is 23.2 Å². The highest BCUT2D eigenvalue weighted by Crippen LogP contribution is 2.34. The van der Waals surface area contributed by atoms with Gasteiger partial charge in [-0.05, 0) is 12.1 Å². The fourth-order valence-corrected chi connectivity index (χ4v) is 2.04. The summed E-state index contributed by atoms with van der Waals surface area (Å²) in [4.78, 5) is 38.4. The topological polar surface area (TPSA) is 94.4 Å². The average Bonchev–Trinajstić information content (AvgIpc) is 2.56. The SMILES string of the molecule is O=C=Nc1cc(OC(=O)Oc2cc(N=C=O)c(F)cc2Cl)c(Cl)cc1F. The summed E-state index contributed by atoms with van der Waals surface area (Å²) in [5, 5.41) is -0.638. The first kappa shape index (κ1) is 19.2. The third-order valence-electron chi connectivity index (χ3n) is 2.72. The summed E-state index contributed by atoms with van der Waals surface area (Å²) in [6.45, 7) is 0. The largest absolute Gasteiger partial charge is 0.519 e. The molecule has 0 amide bonds. The van der Waals surface area contributed by atoms with E-state index >= 15 is 0 Å². The van der Waals surface area contributed by atoms with Gasteiger partial charge in [0.25, 0.3) is 0 Å². The summed E-state index contributed by atoms with van der Waals surface area (Å²) in [6, 6.07) is 3.22. The lowest BCUT2D eigenvalue weighted by atomic mass is 10.3. The maximum atomic E-state index is 13.5. The van der Waals surface area contributed by atoms with Crippen LogP contribution in [0.3, 0.4) is 0 Å². The van der Waals surface area contributed by atoms with E-state index in [4.69, 9.17) is 32.7 Å². The monoisotopic (exact) mass is 400 g/mol. The van der Waals surface area contributed by atoms with Crippen LogP contribution in [0.25, 0.3) is 0 Å². The molecule has 0 N–H and O–H groups in total. The van der Waals surface area contributed by atoms with Crippen molar-refractivity contribution in [2.24, 2.45) is 9.98 Å². The van der Waals surface area contributed by atoms with Crippen LogP contribution in [-0.4, -0.2) is 18.3 Å². The zero-order chi connectivity index (χ0) is 19.3. The fourth-order valence-electron chi connectivity index (χ4n) is 1.66. The standard InChI is InChI=1S/C15H4Cl2F2N2O5/c16-7-1-9(18)11(20-5-22)3-13(7)25-15(24)26-14-4-12(21-6-23)10(19)2-8(14)17/h1-4H. The van der Waals surface area contributed by atoms with Gasteiger partial charge in [0.15, 0.2) is 23.1 Å². The van der Waals surface area contributed by atoms with Crippen LogP contribution in [0.2, 0.25) is 10.0 Å². The Kier molecular flexibility index (Phi) is 6.16. The molecule has 0 spiro atoms. The summed E-state index contributed by atoms with van der Waals surface area (Å²) in [7, 11) is 0. The second-order valence-electron chi connectivity index (χ2n) is 4.33. The van der Waals surface area contributed by atoms with Gasteiger partial charge in [-0.1, -0.05) is 23.2 Å². The number of aliphatic imine (C=N–C) groups is 2. The summed E-state index contributed by atoms with van der Waals surface area (Å²) in [6.07, 6.45) is 0.861. The molecule has 2 aromatic rings. The van der Waals surface area contributed by atoms with Gasteiger partial charge in [0, 0.05) is 12.1 Å². The molecule has 7 nitrogen and oxygen atoms in total. The normalized spacial score (nSPS) is 9.69. The van der Waals surface area contributed by atoms with E-state index in [2.05, 4.69) is 9.98 Å². The summed E-state index contributed by atoms with van der Waals surface area (Å²) >= 11 is 11.4. The lowest BCUT2D eigenvalue weighted by molar-refractivity contribution is 0.152. The quantitative estimate of drug-likeness (QED) is 0.318. The molecule has 26 heavy (non-hydrogen) atoms. The molecule has 2 aromatic carbocycles. The number of isocyanates is 2. The van der Waals surface area contributed by atoms with Crippen molar-refractivity contribution >= 4 is 52.9 Å². The van der Waals surface area contributed by atoms with Crippen molar-refractivity contribution in [1.82, 2.24) is 0 Å². The number of rotatable bonds is 4. The molecular formula is C15H4Cl2F2N2O5. The van der Waals surface area contributed by atoms with E-state index in [-0.39, 0.29) is 21.5 Å². The third kappa shape index (κ3) is 4.50. The summed E-state index contributed by atoms with van der Waals surface area (Å²) in [5.74, 6) is -2.65. The van der Waals surface area contributed by atoms with E-state index < -0.39 is 29.2 Å². The molecule has 2 rings (SSSR count). The van der Waals surface area contributed by atoms with Crippen molar-refractivity contribution in [2.75, 3.05) is 0 Å².